The zero-order valence-electron chi connectivity index (χ0n) is 15.6. The highest BCUT2D eigenvalue weighted by Gasteiger charge is 2.31. The smallest absolute Gasteiger partial charge is 0.235 e. The largest absolute Gasteiger partial charge is 0.508 e. The molecule has 0 radical (unpaired) electrons. The lowest BCUT2D eigenvalue weighted by molar-refractivity contribution is 0.101. The normalized spacial score (nSPS) is 13.8. The van der Waals surface area contributed by atoms with Gasteiger partial charge in [-0.2, -0.15) is 0 Å². The van der Waals surface area contributed by atoms with Gasteiger partial charge in [-0.25, -0.2) is 0 Å². The molecule has 1 aliphatic heterocycles. The van der Waals surface area contributed by atoms with Crippen molar-refractivity contribution in [1.82, 2.24) is 0 Å². The van der Waals surface area contributed by atoms with Gasteiger partial charge in [0, 0.05) is 12.1 Å². The van der Waals surface area contributed by atoms with Crippen LogP contribution < -0.4 is 14.2 Å². The summed E-state index contributed by atoms with van der Waals surface area (Å²) in [6, 6.07) is 17.4. The second kappa shape index (κ2) is 7.59. The maximum Gasteiger partial charge on any atom is 0.235 e. The molecule has 0 unspecified atom stereocenters. The summed E-state index contributed by atoms with van der Waals surface area (Å²) in [4.78, 5) is 12.5. The molecule has 6 heteroatoms. The zero-order valence-corrected chi connectivity index (χ0v) is 15.6. The molecule has 29 heavy (non-hydrogen) atoms. The van der Waals surface area contributed by atoms with Crippen LogP contribution in [0.25, 0.3) is 6.08 Å². The lowest BCUT2D eigenvalue weighted by Gasteiger charge is -2.11. The van der Waals surface area contributed by atoms with E-state index in [2.05, 4.69) is 0 Å². The third kappa shape index (κ3) is 3.73. The van der Waals surface area contributed by atoms with E-state index in [0.717, 1.165) is 11.6 Å². The number of hydrogen-bond donors (Lipinski definition) is 2. The fourth-order valence-electron chi connectivity index (χ4n) is 3.06. The summed E-state index contributed by atoms with van der Waals surface area (Å²) in [5.74, 6) is 0.282. The molecular formula is C23H18O6. The minimum absolute atomic E-state index is 0.0313. The van der Waals surface area contributed by atoms with Gasteiger partial charge >= 0.3 is 0 Å². The number of ether oxygens (including phenoxy) is 3. The van der Waals surface area contributed by atoms with Gasteiger partial charge in [0.05, 0.1) is 7.11 Å². The first kappa shape index (κ1) is 18.4. The van der Waals surface area contributed by atoms with E-state index >= 15 is 0 Å². The third-order valence-corrected chi connectivity index (χ3v) is 4.46. The lowest BCUT2D eigenvalue weighted by Crippen LogP contribution is -1.99. The van der Waals surface area contributed by atoms with E-state index in [1.54, 1.807) is 24.3 Å². The summed E-state index contributed by atoms with van der Waals surface area (Å²) in [7, 11) is 1.54. The van der Waals surface area contributed by atoms with E-state index in [1.165, 1.54) is 13.2 Å². The van der Waals surface area contributed by atoms with E-state index < -0.39 is 5.78 Å². The maximum atomic E-state index is 12.5. The van der Waals surface area contributed by atoms with Gasteiger partial charge < -0.3 is 24.4 Å². The zero-order chi connectivity index (χ0) is 20.4. The molecule has 6 nitrogen and oxygen atoms in total. The first-order chi connectivity index (χ1) is 14.0. The van der Waals surface area contributed by atoms with Gasteiger partial charge in [-0.15, -0.1) is 0 Å². The Kier molecular flexibility index (Phi) is 4.83. The SMILES string of the molecule is COc1cc(/C=C2\Oc3cc(O)cc(O)c3C2=O)ccc1OCc1ccccc1. The summed E-state index contributed by atoms with van der Waals surface area (Å²) >= 11 is 0. The number of rotatable bonds is 5. The van der Waals surface area contributed by atoms with Gasteiger partial charge in [-0.3, -0.25) is 4.79 Å². The van der Waals surface area contributed by atoms with Crippen molar-refractivity contribution in [2.24, 2.45) is 0 Å². The summed E-state index contributed by atoms with van der Waals surface area (Å²) in [6.07, 6.45) is 1.54. The molecule has 1 aliphatic rings. The quantitative estimate of drug-likeness (QED) is 0.632. The van der Waals surface area contributed by atoms with Crippen LogP contribution in [-0.4, -0.2) is 23.1 Å². The van der Waals surface area contributed by atoms with Crippen molar-refractivity contribution in [3.8, 4) is 28.7 Å². The van der Waals surface area contributed by atoms with Crippen LogP contribution in [0.15, 0.2) is 66.4 Å². The van der Waals surface area contributed by atoms with Crippen LogP contribution in [0, 0.1) is 0 Å². The highest BCUT2D eigenvalue weighted by Crippen LogP contribution is 2.41. The fourth-order valence-corrected chi connectivity index (χ4v) is 3.06. The molecular weight excluding hydrogens is 372 g/mol. The van der Waals surface area contributed by atoms with Crippen LogP contribution >= 0.6 is 0 Å². The standard InChI is InChI=1S/C23H18O6/c1-27-19-9-15(7-8-18(19)28-13-14-5-3-2-4-6-14)10-21-23(26)22-17(25)11-16(24)12-20(22)29-21/h2-12,24-25H,13H2,1H3/b21-10-. The minimum atomic E-state index is -0.458. The lowest BCUT2D eigenvalue weighted by atomic mass is 10.1. The van der Waals surface area contributed by atoms with Gasteiger partial charge in [-0.05, 0) is 29.3 Å². The number of benzene rings is 3. The molecule has 0 saturated carbocycles. The monoisotopic (exact) mass is 390 g/mol. The molecule has 4 rings (SSSR count). The number of Topliss-reactive ketones (excluding diaryl/α,β-unsaturated/α-hetero) is 1. The van der Waals surface area contributed by atoms with Crippen LogP contribution in [-0.2, 0) is 6.61 Å². The number of aromatic hydroxyl groups is 2. The van der Waals surface area contributed by atoms with Gasteiger partial charge in [-0.1, -0.05) is 36.4 Å². The molecule has 0 fully saturated rings. The second-order valence-electron chi connectivity index (χ2n) is 6.46. The summed E-state index contributed by atoms with van der Waals surface area (Å²) in [5, 5.41) is 19.5. The van der Waals surface area contributed by atoms with E-state index in [-0.39, 0.29) is 28.6 Å². The predicted octanol–water partition coefficient (Wildman–Crippen LogP) is 4.30. The summed E-state index contributed by atoms with van der Waals surface area (Å²) in [6.45, 7) is 0.400. The first-order valence-electron chi connectivity index (χ1n) is 8.90. The number of ketones is 1. The van der Waals surface area contributed by atoms with Gasteiger partial charge in [0.15, 0.2) is 17.3 Å². The molecule has 1 heterocycles. The Morgan fingerprint density at radius 2 is 1.79 bits per heavy atom. The number of hydrogen-bond acceptors (Lipinski definition) is 6. The molecule has 3 aromatic carbocycles. The number of carbonyl (C=O) groups excluding carboxylic acids is 1. The predicted molar refractivity (Wildman–Crippen MR) is 106 cm³/mol. The van der Waals surface area contributed by atoms with E-state index in [0.29, 0.717) is 23.7 Å². The van der Waals surface area contributed by atoms with E-state index in [1.807, 2.05) is 30.3 Å². The molecule has 0 aliphatic carbocycles. The molecule has 0 bridgehead atoms. The van der Waals surface area contributed by atoms with Crippen LogP contribution in [0.1, 0.15) is 21.5 Å². The van der Waals surface area contributed by atoms with Gasteiger partial charge in [0.25, 0.3) is 0 Å². The average Bonchev–Trinajstić information content (AvgIpc) is 3.02. The van der Waals surface area contributed by atoms with Crippen molar-refractivity contribution in [2.45, 2.75) is 6.61 Å². The number of allylic oxidation sites excluding steroid dienone is 1. The summed E-state index contributed by atoms with van der Waals surface area (Å²) < 4.78 is 16.8. The number of methoxy groups -OCH3 is 1. The van der Waals surface area contributed by atoms with Gasteiger partial charge in [0.2, 0.25) is 5.78 Å². The highest BCUT2D eigenvalue weighted by atomic mass is 16.5. The minimum Gasteiger partial charge on any atom is -0.508 e. The fraction of sp³-hybridized carbons (Fsp3) is 0.0870. The number of carbonyl (C=O) groups is 1. The van der Waals surface area contributed by atoms with Crippen molar-refractivity contribution in [1.29, 1.82) is 0 Å². The van der Waals surface area contributed by atoms with Crippen molar-refractivity contribution >= 4 is 11.9 Å². The van der Waals surface area contributed by atoms with Gasteiger partial charge in [0.1, 0.15) is 29.4 Å². The van der Waals surface area contributed by atoms with Crippen LogP contribution in [0.2, 0.25) is 0 Å². The van der Waals surface area contributed by atoms with Crippen molar-refractivity contribution in [3.05, 3.63) is 83.1 Å². The molecule has 2 N–H and O–H groups in total. The molecule has 0 aromatic heterocycles. The molecule has 0 saturated heterocycles. The molecule has 0 spiro atoms. The molecule has 0 amide bonds. The number of fused-ring (bicyclic) bond motifs is 1. The Hall–Kier alpha value is -3.93. The molecule has 3 aromatic rings. The number of phenolic OH excluding ortho intramolecular Hbond substituents is 2. The highest BCUT2D eigenvalue weighted by molar-refractivity contribution is 6.16. The maximum absolute atomic E-state index is 12.5. The van der Waals surface area contributed by atoms with Crippen molar-refractivity contribution < 1.29 is 29.2 Å². The molecule has 146 valence electrons. The van der Waals surface area contributed by atoms with Crippen LogP contribution in [0.4, 0.5) is 0 Å². The van der Waals surface area contributed by atoms with E-state index in [4.69, 9.17) is 14.2 Å². The Balaban J connectivity index is 1.57. The summed E-state index contributed by atoms with van der Waals surface area (Å²) in [5.41, 5.74) is 1.73. The van der Waals surface area contributed by atoms with E-state index in [9.17, 15) is 15.0 Å². The first-order valence-corrected chi connectivity index (χ1v) is 8.90. The second-order valence-corrected chi connectivity index (χ2v) is 6.46. The van der Waals surface area contributed by atoms with Crippen molar-refractivity contribution in [2.75, 3.05) is 7.11 Å². The Bertz CT molecular complexity index is 1100. The Morgan fingerprint density at radius 3 is 2.55 bits per heavy atom. The van der Waals surface area contributed by atoms with Crippen LogP contribution in [0.5, 0.6) is 28.7 Å². The average molecular weight is 390 g/mol. The third-order valence-electron chi connectivity index (χ3n) is 4.46. The van der Waals surface area contributed by atoms with Crippen molar-refractivity contribution in [3.63, 3.8) is 0 Å². The number of phenols is 2. The van der Waals surface area contributed by atoms with Crippen LogP contribution in [0.3, 0.4) is 0 Å². The Labute approximate surface area is 167 Å². The topological polar surface area (TPSA) is 85.2 Å². The molecule has 0 atom stereocenters. The Morgan fingerprint density at radius 1 is 1.00 bits per heavy atom.